The lowest BCUT2D eigenvalue weighted by molar-refractivity contribution is 0.103. The molecule has 0 atom stereocenters. The quantitative estimate of drug-likeness (QED) is 0.503. The highest BCUT2D eigenvalue weighted by Gasteiger charge is 2.26. The number of halogens is 1. The number of alkyl halides is 1. The van der Waals surface area contributed by atoms with Crippen molar-refractivity contribution in [3.05, 3.63) is 82.9 Å². The van der Waals surface area contributed by atoms with Gasteiger partial charge in [0, 0.05) is 22.0 Å². The molecule has 0 radical (unpaired) electrons. The Labute approximate surface area is 137 Å². The molecule has 0 unspecified atom stereocenters. The van der Waals surface area contributed by atoms with Gasteiger partial charge < -0.3 is 0 Å². The fourth-order valence-corrected chi connectivity index (χ4v) is 3.25. The average Bonchev–Trinajstić information content (AvgIpc) is 2.70. The van der Waals surface area contributed by atoms with Gasteiger partial charge in [-0.3, -0.25) is 4.79 Å². The molecule has 2 nitrogen and oxygen atoms in total. The first-order valence-electron chi connectivity index (χ1n) is 6.87. The number of fused-ring (bicyclic) bond motifs is 1. The van der Waals surface area contributed by atoms with E-state index >= 15 is 0 Å². The summed E-state index contributed by atoms with van der Waals surface area (Å²) < 4.78 is 0. The van der Waals surface area contributed by atoms with Gasteiger partial charge in [-0.1, -0.05) is 76.6 Å². The third-order valence-corrected chi connectivity index (χ3v) is 4.25. The smallest absolute Gasteiger partial charge is 0.194 e. The normalized spacial score (nSPS) is 10.4. The van der Waals surface area contributed by atoms with E-state index in [1.807, 2.05) is 48.5 Å². The number of carbonyl (C=O) groups is 1. The zero-order valence-electron chi connectivity index (χ0n) is 11.7. The van der Waals surface area contributed by atoms with E-state index < -0.39 is 0 Å². The highest BCUT2D eigenvalue weighted by atomic mass is 79.9. The molecule has 0 saturated heterocycles. The standard InChI is InChI=1S/C19H12BrNO/c20-11-16-17(12-21)14-9-5-2-6-10-15(14)18(16)19(22)13-7-3-1-4-8-13/h1-10H,11H2. The van der Waals surface area contributed by atoms with Crippen molar-refractivity contribution in [2.45, 2.75) is 5.33 Å². The lowest BCUT2D eigenvalue weighted by Gasteiger charge is -2.04. The molecule has 0 heterocycles. The van der Waals surface area contributed by atoms with E-state index in [9.17, 15) is 10.1 Å². The van der Waals surface area contributed by atoms with Gasteiger partial charge in [0.15, 0.2) is 5.78 Å². The van der Waals surface area contributed by atoms with Gasteiger partial charge in [-0.15, -0.1) is 0 Å². The number of nitrogens with zero attached hydrogens (tertiary/aromatic N) is 1. The maximum atomic E-state index is 12.9. The fourth-order valence-electron chi connectivity index (χ4n) is 2.69. The Bertz CT molecular complexity index is 849. The lowest BCUT2D eigenvalue weighted by Crippen LogP contribution is -2.03. The van der Waals surface area contributed by atoms with E-state index in [-0.39, 0.29) is 5.78 Å². The van der Waals surface area contributed by atoms with Gasteiger partial charge in [-0.05, 0) is 11.1 Å². The monoisotopic (exact) mass is 349 g/mol. The number of hydrogen-bond acceptors (Lipinski definition) is 2. The molecule has 106 valence electrons. The molecule has 0 N–H and O–H groups in total. The maximum Gasteiger partial charge on any atom is 0.194 e. The molecule has 22 heavy (non-hydrogen) atoms. The summed E-state index contributed by atoms with van der Waals surface area (Å²) in [6.07, 6.45) is 0. The molecule has 0 aliphatic heterocycles. The molecule has 0 aromatic heterocycles. The summed E-state index contributed by atoms with van der Waals surface area (Å²) in [4.78, 5) is 12.9. The van der Waals surface area contributed by atoms with Gasteiger partial charge in [0.2, 0.25) is 0 Å². The van der Waals surface area contributed by atoms with Gasteiger partial charge in [0.1, 0.15) is 6.07 Å². The van der Waals surface area contributed by atoms with Gasteiger partial charge in [-0.2, -0.15) is 5.26 Å². The Morgan fingerprint density at radius 1 is 0.955 bits per heavy atom. The number of nitriles is 1. The molecule has 3 rings (SSSR count). The van der Waals surface area contributed by atoms with E-state index in [2.05, 4.69) is 22.0 Å². The fraction of sp³-hybridized carbons (Fsp3) is 0.0526. The zero-order valence-corrected chi connectivity index (χ0v) is 13.3. The van der Waals surface area contributed by atoms with Crippen LogP contribution >= 0.6 is 15.9 Å². The minimum atomic E-state index is -0.0484. The summed E-state index contributed by atoms with van der Waals surface area (Å²) in [7, 11) is 0. The topological polar surface area (TPSA) is 40.9 Å². The summed E-state index contributed by atoms with van der Waals surface area (Å²) in [5.74, 6) is -0.0484. The van der Waals surface area contributed by atoms with E-state index in [0.29, 0.717) is 22.0 Å². The van der Waals surface area contributed by atoms with Crippen LogP contribution in [-0.4, -0.2) is 5.78 Å². The first-order valence-corrected chi connectivity index (χ1v) is 7.99. The molecular weight excluding hydrogens is 338 g/mol. The van der Waals surface area contributed by atoms with Crippen molar-refractivity contribution in [3.8, 4) is 17.2 Å². The predicted molar refractivity (Wildman–Crippen MR) is 90.3 cm³/mol. The Morgan fingerprint density at radius 3 is 2.14 bits per heavy atom. The van der Waals surface area contributed by atoms with Crippen LogP contribution in [0.15, 0.2) is 60.7 Å². The van der Waals surface area contributed by atoms with Crippen LogP contribution in [0.25, 0.3) is 11.1 Å². The molecule has 0 saturated carbocycles. The first-order chi connectivity index (χ1) is 10.8. The number of hydrogen-bond donors (Lipinski definition) is 0. The highest BCUT2D eigenvalue weighted by Crippen LogP contribution is 2.38. The molecule has 0 bridgehead atoms. The molecular formula is C19H12BrNO. The van der Waals surface area contributed by atoms with Gasteiger partial charge in [0.05, 0.1) is 5.56 Å². The molecule has 2 aliphatic carbocycles. The van der Waals surface area contributed by atoms with E-state index in [4.69, 9.17) is 0 Å². The highest BCUT2D eigenvalue weighted by molar-refractivity contribution is 9.08. The third kappa shape index (κ3) is 2.32. The molecule has 3 heteroatoms. The number of benzene rings is 1. The van der Waals surface area contributed by atoms with Crippen molar-refractivity contribution >= 4 is 21.7 Å². The van der Waals surface area contributed by atoms with Gasteiger partial charge in [0.25, 0.3) is 0 Å². The van der Waals surface area contributed by atoms with Crippen LogP contribution in [0.2, 0.25) is 0 Å². The molecule has 2 aliphatic rings. The summed E-state index contributed by atoms with van der Waals surface area (Å²) in [5, 5.41) is 9.99. The minimum absolute atomic E-state index is 0.0484. The van der Waals surface area contributed by atoms with Crippen LogP contribution < -0.4 is 0 Å². The second kappa shape index (κ2) is 6.13. The largest absolute Gasteiger partial charge is 0.289 e. The van der Waals surface area contributed by atoms with E-state index in [1.165, 1.54) is 0 Å². The second-order valence-corrected chi connectivity index (χ2v) is 5.47. The Kier molecular flexibility index (Phi) is 4.04. The van der Waals surface area contributed by atoms with Crippen molar-refractivity contribution in [1.29, 1.82) is 5.26 Å². The summed E-state index contributed by atoms with van der Waals surface area (Å²) in [6, 6.07) is 20.9. The molecule has 0 spiro atoms. The van der Waals surface area contributed by atoms with Crippen LogP contribution in [0, 0.1) is 11.3 Å². The summed E-state index contributed by atoms with van der Waals surface area (Å²) in [5.41, 5.74) is 4.23. The lowest BCUT2D eigenvalue weighted by atomic mass is 9.99. The van der Waals surface area contributed by atoms with Crippen LogP contribution in [0.4, 0.5) is 0 Å². The number of ketones is 1. The maximum absolute atomic E-state index is 12.9. The van der Waals surface area contributed by atoms with Crippen molar-refractivity contribution in [3.63, 3.8) is 0 Å². The Balaban J connectivity index is 2.31. The zero-order chi connectivity index (χ0) is 15.5. The van der Waals surface area contributed by atoms with Gasteiger partial charge >= 0.3 is 0 Å². The van der Waals surface area contributed by atoms with E-state index in [0.717, 1.165) is 16.7 Å². The Morgan fingerprint density at radius 2 is 1.55 bits per heavy atom. The van der Waals surface area contributed by atoms with Crippen molar-refractivity contribution in [2.75, 3.05) is 0 Å². The first kappa shape index (κ1) is 14.5. The molecule has 0 amide bonds. The van der Waals surface area contributed by atoms with Crippen LogP contribution in [0.3, 0.4) is 0 Å². The van der Waals surface area contributed by atoms with Crippen molar-refractivity contribution in [2.24, 2.45) is 0 Å². The number of carbonyl (C=O) groups excluding carboxylic acids is 1. The molecule has 1 aromatic rings. The van der Waals surface area contributed by atoms with Crippen molar-refractivity contribution in [1.82, 2.24) is 0 Å². The third-order valence-electron chi connectivity index (χ3n) is 3.69. The SMILES string of the molecule is N#Cc1c2cccccc-2c(C(=O)c2ccccc2)c1CBr. The second-order valence-electron chi connectivity index (χ2n) is 4.91. The Hall–Kier alpha value is -2.44. The van der Waals surface area contributed by atoms with E-state index in [1.54, 1.807) is 12.1 Å². The van der Waals surface area contributed by atoms with Crippen LogP contribution in [-0.2, 0) is 5.33 Å². The minimum Gasteiger partial charge on any atom is -0.289 e. The molecule has 0 fully saturated rings. The average molecular weight is 350 g/mol. The van der Waals surface area contributed by atoms with Crippen LogP contribution in [0.5, 0.6) is 0 Å². The van der Waals surface area contributed by atoms with Gasteiger partial charge in [-0.25, -0.2) is 0 Å². The summed E-state index contributed by atoms with van der Waals surface area (Å²) >= 11 is 3.43. The number of rotatable bonds is 3. The summed E-state index contributed by atoms with van der Waals surface area (Å²) in [6.45, 7) is 0. The molecule has 1 aromatic carbocycles. The van der Waals surface area contributed by atoms with Crippen LogP contribution in [0.1, 0.15) is 27.0 Å². The van der Waals surface area contributed by atoms with Crippen molar-refractivity contribution < 1.29 is 4.79 Å². The predicted octanol–water partition coefficient (Wildman–Crippen LogP) is 4.79.